The Morgan fingerprint density at radius 2 is 1.93 bits per heavy atom. The van der Waals surface area contributed by atoms with E-state index < -0.39 is 18.5 Å². The highest BCUT2D eigenvalue weighted by Crippen LogP contribution is 2.31. The van der Waals surface area contributed by atoms with Crippen molar-refractivity contribution in [1.82, 2.24) is 5.32 Å². The Hall–Kier alpha value is -2.57. The standard InChI is InChI=1S/C20H18Cl2N2O4/c1-12-8-13-4-2-3-5-17(13)24(12)18(25)11-28-19(26)10-23-20(27)15-7-6-14(21)9-16(15)22/h2-7,9,12H,8,10-11H2,1H3,(H,23,27)/t12-/m0/s1. The van der Waals surface area contributed by atoms with Crippen LogP contribution in [0.1, 0.15) is 22.8 Å². The minimum absolute atomic E-state index is 0.00430. The van der Waals surface area contributed by atoms with Gasteiger partial charge in [-0.2, -0.15) is 0 Å². The molecule has 0 bridgehead atoms. The van der Waals surface area contributed by atoms with Crippen molar-refractivity contribution in [1.29, 1.82) is 0 Å². The second-order valence-electron chi connectivity index (χ2n) is 6.41. The molecule has 1 heterocycles. The van der Waals surface area contributed by atoms with E-state index in [2.05, 4.69) is 5.32 Å². The molecule has 1 aliphatic heterocycles. The zero-order chi connectivity index (χ0) is 20.3. The summed E-state index contributed by atoms with van der Waals surface area (Å²) in [6.45, 7) is 1.17. The van der Waals surface area contributed by atoms with Gasteiger partial charge in [-0.05, 0) is 43.2 Å². The fourth-order valence-corrected chi connectivity index (χ4v) is 3.62. The fourth-order valence-electron chi connectivity index (χ4n) is 3.13. The molecule has 1 atom stereocenters. The largest absolute Gasteiger partial charge is 0.454 e. The van der Waals surface area contributed by atoms with E-state index >= 15 is 0 Å². The van der Waals surface area contributed by atoms with Crippen molar-refractivity contribution in [3.63, 3.8) is 0 Å². The van der Waals surface area contributed by atoms with Crippen molar-refractivity contribution in [3.8, 4) is 0 Å². The number of rotatable bonds is 5. The van der Waals surface area contributed by atoms with Crippen molar-refractivity contribution < 1.29 is 19.1 Å². The third-order valence-electron chi connectivity index (χ3n) is 4.40. The van der Waals surface area contributed by atoms with Gasteiger partial charge >= 0.3 is 5.97 Å². The summed E-state index contributed by atoms with van der Waals surface area (Å²) in [6, 6.07) is 12.0. The molecule has 0 radical (unpaired) electrons. The molecule has 2 aromatic rings. The highest BCUT2D eigenvalue weighted by atomic mass is 35.5. The lowest BCUT2D eigenvalue weighted by atomic mass is 10.1. The van der Waals surface area contributed by atoms with E-state index in [0.717, 1.165) is 17.7 Å². The lowest BCUT2D eigenvalue weighted by Crippen LogP contribution is -2.39. The minimum Gasteiger partial charge on any atom is -0.454 e. The molecule has 8 heteroatoms. The predicted molar refractivity (Wildman–Crippen MR) is 107 cm³/mol. The van der Waals surface area contributed by atoms with Gasteiger partial charge < -0.3 is 15.0 Å². The number of hydrogen-bond acceptors (Lipinski definition) is 4. The molecule has 2 amide bonds. The quantitative estimate of drug-likeness (QED) is 0.753. The Morgan fingerprint density at radius 1 is 1.18 bits per heavy atom. The summed E-state index contributed by atoms with van der Waals surface area (Å²) in [5, 5.41) is 2.99. The van der Waals surface area contributed by atoms with Crippen LogP contribution < -0.4 is 10.2 Å². The highest BCUT2D eigenvalue weighted by Gasteiger charge is 2.30. The number of nitrogens with zero attached hydrogens (tertiary/aromatic N) is 1. The summed E-state index contributed by atoms with van der Waals surface area (Å²) in [5.74, 6) is -1.56. The molecule has 0 aromatic heterocycles. The van der Waals surface area contributed by atoms with Crippen LogP contribution in [0, 0.1) is 0 Å². The van der Waals surface area contributed by atoms with Gasteiger partial charge in [-0.3, -0.25) is 14.4 Å². The van der Waals surface area contributed by atoms with Crippen LogP contribution in [-0.4, -0.2) is 37.0 Å². The number of carbonyl (C=O) groups is 3. The maximum Gasteiger partial charge on any atom is 0.325 e. The number of hydrogen-bond donors (Lipinski definition) is 1. The van der Waals surface area contributed by atoms with E-state index in [0.29, 0.717) is 5.02 Å². The fraction of sp³-hybridized carbons (Fsp3) is 0.250. The van der Waals surface area contributed by atoms with Crippen LogP contribution in [0.5, 0.6) is 0 Å². The van der Waals surface area contributed by atoms with E-state index in [1.165, 1.54) is 18.2 Å². The van der Waals surface area contributed by atoms with Gasteiger partial charge in [0.15, 0.2) is 6.61 Å². The van der Waals surface area contributed by atoms with Crippen LogP contribution in [-0.2, 0) is 20.7 Å². The third-order valence-corrected chi connectivity index (χ3v) is 4.95. The number of para-hydroxylation sites is 1. The first-order chi connectivity index (χ1) is 13.4. The Morgan fingerprint density at radius 3 is 2.68 bits per heavy atom. The van der Waals surface area contributed by atoms with Crippen molar-refractivity contribution in [2.75, 3.05) is 18.1 Å². The summed E-state index contributed by atoms with van der Waals surface area (Å²) >= 11 is 11.7. The van der Waals surface area contributed by atoms with Crippen molar-refractivity contribution in [2.45, 2.75) is 19.4 Å². The topological polar surface area (TPSA) is 75.7 Å². The summed E-state index contributed by atoms with van der Waals surface area (Å²) in [5.41, 5.74) is 2.11. The van der Waals surface area contributed by atoms with Crippen LogP contribution in [0.25, 0.3) is 0 Å². The van der Waals surface area contributed by atoms with Gasteiger partial charge in [0.1, 0.15) is 6.54 Å². The van der Waals surface area contributed by atoms with Gasteiger partial charge in [-0.25, -0.2) is 0 Å². The van der Waals surface area contributed by atoms with Gasteiger partial charge in [-0.15, -0.1) is 0 Å². The van der Waals surface area contributed by atoms with E-state index in [1.807, 2.05) is 31.2 Å². The molecule has 3 rings (SSSR count). The van der Waals surface area contributed by atoms with Gasteiger partial charge in [0, 0.05) is 16.8 Å². The predicted octanol–water partition coefficient (Wildman–Crippen LogP) is 3.24. The molecule has 0 unspecified atom stereocenters. The summed E-state index contributed by atoms with van der Waals surface area (Å²) in [6.07, 6.45) is 0.758. The molecule has 28 heavy (non-hydrogen) atoms. The number of fused-ring (bicyclic) bond motifs is 1. The Bertz CT molecular complexity index is 932. The number of halogens is 2. The Labute approximate surface area is 172 Å². The monoisotopic (exact) mass is 420 g/mol. The first-order valence-electron chi connectivity index (χ1n) is 8.65. The number of ether oxygens (including phenoxy) is 1. The molecule has 2 aromatic carbocycles. The number of esters is 1. The zero-order valence-corrected chi connectivity index (χ0v) is 16.6. The second kappa shape index (κ2) is 8.63. The van der Waals surface area contributed by atoms with Crippen molar-refractivity contribution >= 4 is 46.7 Å². The lowest BCUT2D eigenvalue weighted by Gasteiger charge is -2.22. The summed E-state index contributed by atoms with van der Waals surface area (Å²) in [4.78, 5) is 38.1. The van der Waals surface area contributed by atoms with E-state index in [4.69, 9.17) is 27.9 Å². The van der Waals surface area contributed by atoms with Crippen LogP contribution in [0.4, 0.5) is 5.69 Å². The van der Waals surface area contributed by atoms with Crippen molar-refractivity contribution in [2.24, 2.45) is 0 Å². The molecule has 0 aliphatic carbocycles. The molecule has 6 nitrogen and oxygen atoms in total. The first kappa shape index (κ1) is 20.2. The first-order valence-corrected chi connectivity index (χ1v) is 9.41. The average Bonchev–Trinajstić information content (AvgIpc) is 3.00. The molecule has 0 fully saturated rings. The summed E-state index contributed by atoms with van der Waals surface area (Å²) in [7, 11) is 0. The smallest absolute Gasteiger partial charge is 0.325 e. The third kappa shape index (κ3) is 4.46. The number of carbonyl (C=O) groups excluding carboxylic acids is 3. The lowest BCUT2D eigenvalue weighted by molar-refractivity contribution is -0.146. The molecular formula is C20H18Cl2N2O4. The molecule has 0 saturated heterocycles. The van der Waals surface area contributed by atoms with Gasteiger partial charge in [-0.1, -0.05) is 41.4 Å². The Kier molecular flexibility index (Phi) is 6.21. The number of nitrogens with one attached hydrogen (secondary N) is 1. The average molecular weight is 421 g/mol. The molecular weight excluding hydrogens is 403 g/mol. The number of amides is 2. The molecule has 146 valence electrons. The normalized spacial score (nSPS) is 15.1. The summed E-state index contributed by atoms with van der Waals surface area (Å²) < 4.78 is 5.02. The molecule has 1 aliphatic rings. The van der Waals surface area contributed by atoms with E-state index in [-0.39, 0.29) is 29.1 Å². The van der Waals surface area contributed by atoms with Crippen LogP contribution in [0.2, 0.25) is 10.0 Å². The second-order valence-corrected chi connectivity index (χ2v) is 7.26. The highest BCUT2D eigenvalue weighted by molar-refractivity contribution is 6.36. The SMILES string of the molecule is C[C@H]1Cc2ccccc2N1C(=O)COC(=O)CNC(=O)c1ccc(Cl)cc1Cl. The van der Waals surface area contributed by atoms with Gasteiger partial charge in [0.25, 0.3) is 11.8 Å². The van der Waals surface area contributed by atoms with E-state index in [9.17, 15) is 14.4 Å². The molecule has 0 spiro atoms. The van der Waals surface area contributed by atoms with Crippen LogP contribution in [0.15, 0.2) is 42.5 Å². The number of benzene rings is 2. The van der Waals surface area contributed by atoms with E-state index in [1.54, 1.807) is 4.90 Å². The van der Waals surface area contributed by atoms with Crippen LogP contribution >= 0.6 is 23.2 Å². The van der Waals surface area contributed by atoms with Gasteiger partial charge in [0.2, 0.25) is 0 Å². The van der Waals surface area contributed by atoms with Gasteiger partial charge in [0.05, 0.1) is 10.6 Å². The van der Waals surface area contributed by atoms with Crippen molar-refractivity contribution in [3.05, 3.63) is 63.6 Å². The molecule has 0 saturated carbocycles. The van der Waals surface area contributed by atoms with Crippen LogP contribution in [0.3, 0.4) is 0 Å². The maximum absolute atomic E-state index is 12.5. The number of anilines is 1. The minimum atomic E-state index is -0.716. The Balaban J connectivity index is 1.50. The maximum atomic E-state index is 12.5. The molecule has 1 N–H and O–H groups in total. The zero-order valence-electron chi connectivity index (χ0n) is 15.1.